The van der Waals surface area contributed by atoms with E-state index in [-0.39, 0.29) is 5.91 Å². The van der Waals surface area contributed by atoms with Gasteiger partial charge in [-0.2, -0.15) is 0 Å². The lowest BCUT2D eigenvalue weighted by Gasteiger charge is -2.25. The molecule has 16 heavy (non-hydrogen) atoms. The number of rotatable bonds is 4. The number of likely N-dealkylation sites (N-methyl/N-ethyl adjacent to an activating group) is 2. The molecule has 1 aromatic carbocycles. The van der Waals surface area contributed by atoms with Crippen LogP contribution >= 0.6 is 0 Å². The van der Waals surface area contributed by atoms with Gasteiger partial charge in [-0.05, 0) is 25.5 Å². The Labute approximate surface area is 97.7 Å². The summed E-state index contributed by atoms with van der Waals surface area (Å²) in [5.41, 5.74) is 2.34. The summed E-state index contributed by atoms with van der Waals surface area (Å²) in [6.07, 6.45) is 0. The zero-order valence-electron chi connectivity index (χ0n) is 10.5. The largest absolute Gasteiger partial charge is 0.362 e. The average molecular weight is 220 g/mol. The van der Waals surface area contributed by atoms with Crippen LogP contribution in [0.3, 0.4) is 0 Å². The molecule has 3 heteroatoms. The number of aryl methyl sites for hydroxylation is 1. The molecule has 0 aliphatic heterocycles. The van der Waals surface area contributed by atoms with Gasteiger partial charge in [0.1, 0.15) is 0 Å². The number of carbonyl (C=O) groups excluding carboxylic acids is 1. The van der Waals surface area contributed by atoms with Crippen LogP contribution in [-0.2, 0) is 4.79 Å². The average Bonchev–Trinajstić information content (AvgIpc) is 2.26. The van der Waals surface area contributed by atoms with Gasteiger partial charge in [-0.15, -0.1) is 0 Å². The number of nitrogens with zero attached hydrogens (tertiary/aromatic N) is 2. The number of hydrogen-bond acceptors (Lipinski definition) is 2. The van der Waals surface area contributed by atoms with E-state index in [4.69, 9.17) is 0 Å². The smallest absolute Gasteiger partial charge is 0.241 e. The van der Waals surface area contributed by atoms with E-state index < -0.39 is 0 Å². The highest BCUT2D eigenvalue weighted by atomic mass is 16.2. The molecule has 0 aromatic heterocycles. The number of hydrogen-bond donors (Lipinski definition) is 0. The minimum Gasteiger partial charge on any atom is -0.362 e. The molecule has 0 radical (unpaired) electrons. The predicted molar refractivity (Wildman–Crippen MR) is 67.8 cm³/mol. The number of benzene rings is 1. The first kappa shape index (κ1) is 12.6. The van der Waals surface area contributed by atoms with E-state index in [0.29, 0.717) is 6.54 Å². The van der Waals surface area contributed by atoms with Gasteiger partial charge in [0, 0.05) is 26.3 Å². The van der Waals surface area contributed by atoms with E-state index in [1.54, 1.807) is 19.0 Å². The Morgan fingerprint density at radius 2 is 1.88 bits per heavy atom. The molecule has 0 fully saturated rings. The molecule has 0 spiro atoms. The van der Waals surface area contributed by atoms with Crippen LogP contribution in [0.15, 0.2) is 24.3 Å². The molecule has 1 aromatic rings. The van der Waals surface area contributed by atoms with Gasteiger partial charge in [0.2, 0.25) is 5.91 Å². The summed E-state index contributed by atoms with van der Waals surface area (Å²) in [6.45, 7) is 5.41. The van der Waals surface area contributed by atoms with Crippen LogP contribution in [0.25, 0.3) is 0 Å². The molecule has 1 amide bonds. The third kappa shape index (κ3) is 2.99. The molecule has 0 aliphatic rings. The molecule has 0 saturated heterocycles. The van der Waals surface area contributed by atoms with Gasteiger partial charge in [-0.1, -0.05) is 18.2 Å². The van der Waals surface area contributed by atoms with E-state index in [9.17, 15) is 4.79 Å². The predicted octanol–water partition coefficient (Wildman–Crippen LogP) is 1.91. The Morgan fingerprint density at radius 3 is 2.38 bits per heavy atom. The Hall–Kier alpha value is -1.51. The highest BCUT2D eigenvalue weighted by Crippen LogP contribution is 2.18. The Kier molecular flexibility index (Phi) is 4.35. The lowest BCUT2D eigenvalue weighted by atomic mass is 10.2. The molecule has 0 aliphatic carbocycles. The second-order valence-electron chi connectivity index (χ2n) is 4.09. The Balaban J connectivity index is 2.83. The molecule has 0 atom stereocenters. The van der Waals surface area contributed by atoms with Crippen LogP contribution in [0.5, 0.6) is 0 Å². The normalized spacial score (nSPS) is 10.0. The standard InChI is InChI=1S/C13H20N2O/c1-5-15(10-13(16)14(3)4)12-9-7-6-8-11(12)2/h6-9H,5,10H2,1-4H3. The van der Waals surface area contributed by atoms with Gasteiger partial charge in [0.15, 0.2) is 0 Å². The molecule has 0 heterocycles. The Morgan fingerprint density at radius 1 is 1.25 bits per heavy atom. The van der Waals surface area contributed by atoms with E-state index >= 15 is 0 Å². The number of carbonyl (C=O) groups is 1. The van der Waals surface area contributed by atoms with Crippen molar-refractivity contribution in [2.75, 3.05) is 32.1 Å². The first-order chi connectivity index (χ1) is 7.56. The van der Waals surface area contributed by atoms with Gasteiger partial charge in [0.25, 0.3) is 0 Å². The maximum Gasteiger partial charge on any atom is 0.241 e. The fourth-order valence-corrected chi connectivity index (χ4v) is 1.59. The van der Waals surface area contributed by atoms with Crippen molar-refractivity contribution in [2.45, 2.75) is 13.8 Å². The molecule has 1 rings (SSSR count). The summed E-state index contributed by atoms with van der Waals surface area (Å²) in [7, 11) is 3.57. The number of amides is 1. The molecule has 0 bridgehead atoms. The fraction of sp³-hybridized carbons (Fsp3) is 0.462. The fourth-order valence-electron chi connectivity index (χ4n) is 1.59. The maximum atomic E-state index is 11.7. The minimum atomic E-state index is 0.130. The van der Waals surface area contributed by atoms with E-state index in [0.717, 1.165) is 12.2 Å². The van der Waals surface area contributed by atoms with Crippen LogP contribution in [0.2, 0.25) is 0 Å². The van der Waals surface area contributed by atoms with Gasteiger partial charge < -0.3 is 9.80 Å². The zero-order valence-corrected chi connectivity index (χ0v) is 10.5. The first-order valence-electron chi connectivity index (χ1n) is 5.57. The van der Waals surface area contributed by atoms with Crippen molar-refractivity contribution in [1.29, 1.82) is 0 Å². The van der Waals surface area contributed by atoms with Crippen molar-refractivity contribution >= 4 is 11.6 Å². The summed E-state index contributed by atoms with van der Waals surface area (Å²) >= 11 is 0. The van der Waals surface area contributed by atoms with Crippen molar-refractivity contribution in [3.63, 3.8) is 0 Å². The summed E-state index contributed by atoms with van der Waals surface area (Å²) in [5.74, 6) is 0.130. The number of para-hydroxylation sites is 1. The van der Waals surface area contributed by atoms with Gasteiger partial charge in [0.05, 0.1) is 6.54 Å². The van der Waals surface area contributed by atoms with Crippen LogP contribution in [0, 0.1) is 6.92 Å². The second-order valence-corrected chi connectivity index (χ2v) is 4.09. The quantitative estimate of drug-likeness (QED) is 0.774. The second kappa shape index (κ2) is 5.54. The van der Waals surface area contributed by atoms with Crippen LogP contribution in [0.1, 0.15) is 12.5 Å². The minimum absolute atomic E-state index is 0.130. The third-order valence-electron chi connectivity index (χ3n) is 2.66. The summed E-state index contributed by atoms with van der Waals surface area (Å²) < 4.78 is 0. The summed E-state index contributed by atoms with van der Waals surface area (Å²) in [4.78, 5) is 15.4. The van der Waals surface area contributed by atoms with E-state index in [2.05, 4.69) is 30.9 Å². The van der Waals surface area contributed by atoms with Crippen molar-refractivity contribution < 1.29 is 4.79 Å². The van der Waals surface area contributed by atoms with E-state index in [1.807, 2.05) is 12.1 Å². The van der Waals surface area contributed by atoms with Gasteiger partial charge in [-0.25, -0.2) is 0 Å². The maximum absolute atomic E-state index is 11.7. The Bertz CT molecular complexity index is 361. The van der Waals surface area contributed by atoms with Gasteiger partial charge in [-0.3, -0.25) is 4.79 Å². The molecular formula is C13H20N2O. The van der Waals surface area contributed by atoms with Crippen LogP contribution in [-0.4, -0.2) is 38.0 Å². The lowest BCUT2D eigenvalue weighted by Crippen LogP contribution is -2.36. The zero-order chi connectivity index (χ0) is 12.1. The van der Waals surface area contributed by atoms with Gasteiger partial charge >= 0.3 is 0 Å². The highest BCUT2D eigenvalue weighted by Gasteiger charge is 2.12. The third-order valence-corrected chi connectivity index (χ3v) is 2.66. The molecule has 3 nitrogen and oxygen atoms in total. The monoisotopic (exact) mass is 220 g/mol. The first-order valence-corrected chi connectivity index (χ1v) is 5.57. The summed E-state index contributed by atoms with van der Waals surface area (Å²) in [5, 5.41) is 0. The molecule has 0 unspecified atom stereocenters. The van der Waals surface area contributed by atoms with Crippen molar-refractivity contribution in [2.24, 2.45) is 0 Å². The van der Waals surface area contributed by atoms with Crippen molar-refractivity contribution in [1.82, 2.24) is 4.90 Å². The highest BCUT2D eigenvalue weighted by molar-refractivity contribution is 5.81. The topological polar surface area (TPSA) is 23.6 Å². The molecule has 88 valence electrons. The lowest BCUT2D eigenvalue weighted by molar-refractivity contribution is -0.127. The van der Waals surface area contributed by atoms with Crippen molar-refractivity contribution in [3.8, 4) is 0 Å². The molecular weight excluding hydrogens is 200 g/mol. The summed E-state index contributed by atoms with van der Waals surface area (Å²) in [6, 6.07) is 8.14. The molecule has 0 saturated carbocycles. The SMILES string of the molecule is CCN(CC(=O)N(C)C)c1ccccc1C. The van der Waals surface area contributed by atoms with Crippen LogP contribution in [0.4, 0.5) is 5.69 Å². The molecule has 0 N–H and O–H groups in total. The number of anilines is 1. The van der Waals surface area contributed by atoms with E-state index in [1.165, 1.54) is 5.56 Å². The van der Waals surface area contributed by atoms with Crippen molar-refractivity contribution in [3.05, 3.63) is 29.8 Å². The van der Waals surface area contributed by atoms with Crippen LogP contribution < -0.4 is 4.90 Å².